The van der Waals surface area contributed by atoms with Crippen LogP contribution < -0.4 is 15.5 Å². The van der Waals surface area contributed by atoms with Crippen LogP contribution >= 0.6 is 11.3 Å². The maximum Gasteiger partial charge on any atom is 0.225 e. The quantitative estimate of drug-likeness (QED) is 0.514. The summed E-state index contributed by atoms with van der Waals surface area (Å²) in [5, 5.41) is 7.43. The minimum atomic E-state index is 0.150. The van der Waals surface area contributed by atoms with Gasteiger partial charge in [0.05, 0.1) is 6.54 Å². The van der Waals surface area contributed by atoms with Crippen molar-refractivity contribution in [1.29, 1.82) is 0 Å². The highest BCUT2D eigenvalue weighted by Crippen LogP contribution is 2.12. The van der Waals surface area contributed by atoms with Crippen molar-refractivity contribution >= 4 is 29.2 Å². The van der Waals surface area contributed by atoms with E-state index in [-0.39, 0.29) is 5.91 Å². The number of aliphatic imine (C=N–C) groups is 1. The number of amides is 1. The van der Waals surface area contributed by atoms with Gasteiger partial charge < -0.3 is 20.4 Å². The second kappa shape index (κ2) is 10.7. The highest BCUT2D eigenvalue weighted by Gasteiger charge is 2.22. The number of rotatable bonds is 7. The van der Waals surface area contributed by atoms with E-state index >= 15 is 0 Å². The lowest BCUT2D eigenvalue weighted by atomic mass is 10.3. The van der Waals surface area contributed by atoms with Gasteiger partial charge in [-0.2, -0.15) is 0 Å². The minimum Gasteiger partial charge on any atom is -0.357 e. The maximum atomic E-state index is 12.5. The molecule has 3 rings (SSSR count). The summed E-state index contributed by atoms with van der Waals surface area (Å²) in [5.74, 6) is 1.58. The van der Waals surface area contributed by atoms with Gasteiger partial charge in [-0.3, -0.25) is 4.79 Å². The summed E-state index contributed by atoms with van der Waals surface area (Å²) < 4.78 is 0. The fourth-order valence-corrected chi connectivity index (χ4v) is 3.73. The number of hydrogen-bond donors (Lipinski definition) is 2. The Morgan fingerprint density at radius 1 is 1.17 bits per heavy atom. The SMILES string of the molecule is CCNC(=NCc1ncc(C)s1)NCCC(=O)N1CCN(c2ncccn2)CC1. The monoisotopic (exact) mass is 416 g/mol. The van der Waals surface area contributed by atoms with Gasteiger partial charge in [0, 0.05) is 69.2 Å². The first-order valence-electron chi connectivity index (χ1n) is 9.89. The predicted octanol–water partition coefficient (Wildman–Crippen LogP) is 1.04. The molecule has 10 heteroatoms. The molecule has 0 aliphatic carbocycles. The first-order chi connectivity index (χ1) is 14.2. The minimum absolute atomic E-state index is 0.150. The number of aryl methyl sites for hydroxylation is 1. The van der Waals surface area contributed by atoms with E-state index in [9.17, 15) is 4.79 Å². The van der Waals surface area contributed by atoms with Crippen LogP contribution in [-0.2, 0) is 11.3 Å². The molecule has 0 spiro atoms. The van der Waals surface area contributed by atoms with Crippen molar-refractivity contribution < 1.29 is 4.79 Å². The van der Waals surface area contributed by atoms with Crippen molar-refractivity contribution in [2.24, 2.45) is 4.99 Å². The number of nitrogens with zero attached hydrogens (tertiary/aromatic N) is 6. The molecule has 1 amide bonds. The van der Waals surface area contributed by atoms with Crippen LogP contribution in [0.4, 0.5) is 5.95 Å². The number of guanidine groups is 1. The highest BCUT2D eigenvalue weighted by atomic mass is 32.1. The number of thiazole rings is 1. The molecule has 156 valence electrons. The summed E-state index contributed by atoms with van der Waals surface area (Å²) in [4.78, 5) is 35.2. The molecule has 0 saturated carbocycles. The van der Waals surface area contributed by atoms with Crippen LogP contribution in [0.15, 0.2) is 29.6 Å². The van der Waals surface area contributed by atoms with Crippen LogP contribution in [0.1, 0.15) is 23.2 Å². The number of piperazine rings is 1. The average Bonchev–Trinajstić information content (AvgIpc) is 3.18. The second-order valence-corrected chi connectivity index (χ2v) is 7.97. The molecule has 0 radical (unpaired) electrons. The average molecular weight is 417 g/mol. The lowest BCUT2D eigenvalue weighted by Crippen LogP contribution is -2.50. The number of anilines is 1. The topological polar surface area (TPSA) is 98.6 Å². The maximum absolute atomic E-state index is 12.5. The van der Waals surface area contributed by atoms with E-state index in [1.807, 2.05) is 24.9 Å². The van der Waals surface area contributed by atoms with Crippen molar-refractivity contribution in [2.45, 2.75) is 26.8 Å². The van der Waals surface area contributed by atoms with Gasteiger partial charge in [-0.1, -0.05) is 0 Å². The Balaban J connectivity index is 1.41. The molecule has 0 bridgehead atoms. The van der Waals surface area contributed by atoms with Gasteiger partial charge >= 0.3 is 0 Å². The molecule has 1 saturated heterocycles. The van der Waals surface area contributed by atoms with E-state index in [0.29, 0.717) is 38.6 Å². The summed E-state index contributed by atoms with van der Waals surface area (Å²) in [6, 6.07) is 1.80. The molecular weight excluding hydrogens is 388 g/mol. The molecule has 0 atom stereocenters. The Morgan fingerprint density at radius 3 is 2.59 bits per heavy atom. The van der Waals surface area contributed by atoms with Gasteiger partial charge in [0.2, 0.25) is 11.9 Å². The van der Waals surface area contributed by atoms with Crippen LogP contribution in [0.25, 0.3) is 0 Å². The summed E-state index contributed by atoms with van der Waals surface area (Å²) in [5.41, 5.74) is 0. The van der Waals surface area contributed by atoms with Crippen molar-refractivity contribution in [3.63, 3.8) is 0 Å². The third-order valence-electron chi connectivity index (χ3n) is 4.48. The number of carbonyl (C=O) groups excluding carboxylic acids is 1. The third-order valence-corrected chi connectivity index (χ3v) is 5.38. The molecule has 1 aliphatic heterocycles. The van der Waals surface area contributed by atoms with Gasteiger partial charge in [0.25, 0.3) is 0 Å². The number of hydrogen-bond acceptors (Lipinski definition) is 7. The number of nitrogens with one attached hydrogen (secondary N) is 2. The molecule has 2 aromatic heterocycles. The Labute approximate surface area is 175 Å². The summed E-state index contributed by atoms with van der Waals surface area (Å²) in [6.07, 6.45) is 5.77. The van der Waals surface area contributed by atoms with Crippen molar-refractivity contribution in [1.82, 2.24) is 30.5 Å². The molecule has 0 unspecified atom stereocenters. The van der Waals surface area contributed by atoms with E-state index in [4.69, 9.17) is 0 Å². The standard InChI is InChI=1S/C19H28N8OS/c1-3-20-18(25-14-16-24-13-15(2)29-16)21-8-5-17(28)26-9-11-27(12-10-26)19-22-6-4-7-23-19/h4,6-7,13H,3,5,8-12,14H2,1-2H3,(H2,20,21,25). The Hall–Kier alpha value is -2.75. The predicted molar refractivity (Wildman–Crippen MR) is 115 cm³/mol. The lowest BCUT2D eigenvalue weighted by Gasteiger charge is -2.34. The first kappa shape index (κ1) is 21.0. The van der Waals surface area contributed by atoms with Gasteiger partial charge in [-0.15, -0.1) is 11.3 Å². The molecule has 0 aromatic carbocycles. The first-order valence-corrected chi connectivity index (χ1v) is 10.7. The zero-order valence-corrected chi connectivity index (χ0v) is 17.8. The molecule has 1 fully saturated rings. The van der Waals surface area contributed by atoms with E-state index < -0.39 is 0 Å². The van der Waals surface area contributed by atoms with Crippen LogP contribution in [-0.4, -0.2) is 71.0 Å². The van der Waals surface area contributed by atoms with Crippen LogP contribution in [0, 0.1) is 6.92 Å². The van der Waals surface area contributed by atoms with Crippen molar-refractivity contribution in [3.05, 3.63) is 34.5 Å². The third kappa shape index (κ3) is 6.38. The Morgan fingerprint density at radius 2 is 1.93 bits per heavy atom. The summed E-state index contributed by atoms with van der Waals surface area (Å²) >= 11 is 1.65. The van der Waals surface area contributed by atoms with E-state index in [2.05, 4.69) is 35.5 Å². The number of aromatic nitrogens is 3. The van der Waals surface area contributed by atoms with E-state index in [1.165, 1.54) is 4.88 Å². The molecular formula is C19H28N8OS. The lowest BCUT2D eigenvalue weighted by molar-refractivity contribution is -0.131. The van der Waals surface area contributed by atoms with E-state index in [1.54, 1.807) is 29.8 Å². The number of carbonyl (C=O) groups is 1. The zero-order chi connectivity index (χ0) is 20.5. The van der Waals surface area contributed by atoms with Gasteiger partial charge in [-0.25, -0.2) is 19.9 Å². The van der Waals surface area contributed by atoms with Crippen LogP contribution in [0.2, 0.25) is 0 Å². The Bertz CT molecular complexity index is 802. The van der Waals surface area contributed by atoms with Gasteiger partial charge in [0.15, 0.2) is 5.96 Å². The largest absolute Gasteiger partial charge is 0.357 e. The highest BCUT2D eigenvalue weighted by molar-refractivity contribution is 7.11. The molecule has 9 nitrogen and oxygen atoms in total. The van der Waals surface area contributed by atoms with Crippen LogP contribution in [0.5, 0.6) is 0 Å². The molecule has 3 heterocycles. The van der Waals surface area contributed by atoms with E-state index in [0.717, 1.165) is 30.6 Å². The molecule has 2 aromatic rings. The smallest absolute Gasteiger partial charge is 0.225 e. The van der Waals surface area contributed by atoms with Gasteiger partial charge in [0.1, 0.15) is 5.01 Å². The van der Waals surface area contributed by atoms with Crippen molar-refractivity contribution in [2.75, 3.05) is 44.2 Å². The normalized spacial score (nSPS) is 14.8. The van der Waals surface area contributed by atoms with Gasteiger partial charge in [-0.05, 0) is 19.9 Å². The Kier molecular flexibility index (Phi) is 7.74. The fraction of sp³-hybridized carbons (Fsp3) is 0.526. The van der Waals surface area contributed by atoms with Crippen LogP contribution in [0.3, 0.4) is 0 Å². The summed E-state index contributed by atoms with van der Waals surface area (Å²) in [6.45, 7) is 8.78. The zero-order valence-electron chi connectivity index (χ0n) is 17.0. The summed E-state index contributed by atoms with van der Waals surface area (Å²) in [7, 11) is 0. The molecule has 2 N–H and O–H groups in total. The molecule has 1 aliphatic rings. The molecule has 29 heavy (non-hydrogen) atoms. The fourth-order valence-electron chi connectivity index (χ4n) is 3.02. The second-order valence-electron chi connectivity index (χ2n) is 6.65. The van der Waals surface area contributed by atoms with Crippen molar-refractivity contribution in [3.8, 4) is 0 Å².